The zero-order valence-corrected chi connectivity index (χ0v) is 13.4. The number of carbonyl (C=O) groups is 1. The molecule has 0 atom stereocenters. The van der Waals surface area contributed by atoms with E-state index in [9.17, 15) is 10.1 Å². The highest BCUT2D eigenvalue weighted by atomic mass is 35.5. The largest absolute Gasteiger partial charge is 0.320 e. The molecule has 112 valence electrons. The van der Waals surface area contributed by atoms with Crippen LogP contribution in [0, 0.1) is 25.2 Å². The molecule has 2 aromatic rings. The first-order chi connectivity index (χ1) is 10.4. The van der Waals surface area contributed by atoms with Gasteiger partial charge in [0, 0.05) is 16.3 Å². The van der Waals surface area contributed by atoms with Gasteiger partial charge in [0.15, 0.2) is 0 Å². The van der Waals surface area contributed by atoms with E-state index in [4.69, 9.17) is 23.2 Å². The van der Waals surface area contributed by atoms with E-state index in [1.54, 1.807) is 19.1 Å². The first-order valence-electron chi connectivity index (χ1n) is 6.32. The van der Waals surface area contributed by atoms with Gasteiger partial charge in [-0.2, -0.15) is 10.4 Å². The Hall–Kier alpha value is -2.29. The molecule has 22 heavy (non-hydrogen) atoms. The van der Waals surface area contributed by atoms with Crippen molar-refractivity contribution < 1.29 is 4.79 Å². The van der Waals surface area contributed by atoms with Gasteiger partial charge < -0.3 is 5.32 Å². The van der Waals surface area contributed by atoms with Crippen LogP contribution in [-0.4, -0.2) is 16.1 Å². The van der Waals surface area contributed by atoms with Crippen molar-refractivity contribution in [3.8, 4) is 6.07 Å². The second kappa shape index (κ2) is 6.65. The topological polar surface area (TPSA) is 81.6 Å². The Labute approximate surface area is 137 Å². The second-order valence-electron chi connectivity index (χ2n) is 4.60. The van der Waals surface area contributed by atoms with Crippen molar-refractivity contribution in [1.82, 2.24) is 10.2 Å². The molecule has 0 radical (unpaired) electrons. The van der Waals surface area contributed by atoms with Crippen LogP contribution in [0.5, 0.6) is 0 Å². The van der Waals surface area contributed by atoms with Gasteiger partial charge in [0.2, 0.25) is 0 Å². The number of H-pyrrole nitrogens is 1. The summed E-state index contributed by atoms with van der Waals surface area (Å²) in [4.78, 5) is 12.2. The number of amides is 1. The van der Waals surface area contributed by atoms with Crippen molar-refractivity contribution in [2.45, 2.75) is 13.8 Å². The summed E-state index contributed by atoms with van der Waals surface area (Å²) in [5.74, 6) is -0.549. The van der Waals surface area contributed by atoms with Crippen LogP contribution in [0.1, 0.15) is 17.0 Å². The summed E-state index contributed by atoms with van der Waals surface area (Å²) in [5, 5.41) is 19.4. The Balaban J connectivity index is 2.29. The Kier molecular flexibility index (Phi) is 4.86. The van der Waals surface area contributed by atoms with Crippen molar-refractivity contribution in [3.05, 3.63) is 50.8 Å². The van der Waals surface area contributed by atoms with Gasteiger partial charge in [-0.1, -0.05) is 23.2 Å². The maximum absolute atomic E-state index is 12.2. The molecule has 1 heterocycles. The van der Waals surface area contributed by atoms with E-state index in [0.29, 0.717) is 27.0 Å². The number of hydrogen-bond donors (Lipinski definition) is 2. The van der Waals surface area contributed by atoms with Crippen molar-refractivity contribution in [1.29, 1.82) is 5.26 Å². The normalized spacial score (nSPS) is 11.1. The zero-order chi connectivity index (χ0) is 16.3. The highest BCUT2D eigenvalue weighted by Crippen LogP contribution is 2.26. The van der Waals surface area contributed by atoms with E-state index in [0.717, 1.165) is 5.69 Å². The molecule has 0 saturated heterocycles. The smallest absolute Gasteiger partial charge is 0.266 e. The van der Waals surface area contributed by atoms with Crippen molar-refractivity contribution in [2.24, 2.45) is 0 Å². The molecule has 5 nitrogen and oxygen atoms in total. The van der Waals surface area contributed by atoms with Gasteiger partial charge >= 0.3 is 0 Å². The van der Waals surface area contributed by atoms with Gasteiger partial charge in [-0.25, -0.2) is 0 Å². The molecule has 0 unspecified atom stereocenters. The first kappa shape index (κ1) is 16.1. The molecule has 0 bridgehead atoms. The predicted molar refractivity (Wildman–Crippen MR) is 86.7 cm³/mol. The van der Waals surface area contributed by atoms with Crippen molar-refractivity contribution in [2.75, 3.05) is 5.32 Å². The summed E-state index contributed by atoms with van der Waals surface area (Å²) in [6, 6.07) is 6.57. The summed E-state index contributed by atoms with van der Waals surface area (Å²) in [6.45, 7) is 3.60. The van der Waals surface area contributed by atoms with E-state index in [-0.39, 0.29) is 5.57 Å². The molecule has 0 saturated carbocycles. The van der Waals surface area contributed by atoms with Gasteiger partial charge in [0.1, 0.15) is 11.6 Å². The fraction of sp³-hybridized carbons (Fsp3) is 0.133. The number of nitriles is 1. The summed E-state index contributed by atoms with van der Waals surface area (Å²) in [5.41, 5.74) is 2.55. The molecule has 2 rings (SSSR count). The predicted octanol–water partition coefficient (Wildman–Crippen LogP) is 3.88. The standard InChI is InChI=1S/C15H12Cl2N4O/c1-8-12(9(2)21-20-8)5-10(7-18)15(22)19-14-4-3-11(16)6-13(14)17/h3-6H,1-2H3,(H,19,22)(H,20,21)/b10-5+. The molecule has 0 aliphatic carbocycles. The summed E-state index contributed by atoms with van der Waals surface area (Å²) in [7, 11) is 0. The number of rotatable bonds is 3. The molecule has 1 aromatic heterocycles. The monoisotopic (exact) mass is 334 g/mol. The van der Waals surface area contributed by atoms with Gasteiger partial charge in [-0.05, 0) is 38.1 Å². The summed E-state index contributed by atoms with van der Waals surface area (Å²) in [6.07, 6.45) is 1.49. The molecule has 0 aliphatic heterocycles. The molecular weight excluding hydrogens is 323 g/mol. The lowest BCUT2D eigenvalue weighted by Gasteiger charge is -2.06. The van der Waals surface area contributed by atoms with Gasteiger partial charge in [-0.15, -0.1) is 0 Å². The lowest BCUT2D eigenvalue weighted by atomic mass is 10.1. The third kappa shape index (κ3) is 3.48. The van der Waals surface area contributed by atoms with Crippen molar-refractivity contribution >= 4 is 40.9 Å². The lowest BCUT2D eigenvalue weighted by Crippen LogP contribution is -2.13. The van der Waals surface area contributed by atoms with E-state index >= 15 is 0 Å². The molecule has 7 heteroatoms. The molecule has 0 spiro atoms. The number of carbonyl (C=O) groups excluding carboxylic acids is 1. The number of aromatic nitrogens is 2. The minimum absolute atomic E-state index is 0.0429. The zero-order valence-electron chi connectivity index (χ0n) is 11.9. The SMILES string of the molecule is Cc1n[nH]c(C)c1/C=C(\C#N)C(=O)Nc1ccc(Cl)cc1Cl. The van der Waals surface area contributed by atoms with E-state index in [1.165, 1.54) is 12.1 Å². The number of benzene rings is 1. The fourth-order valence-electron chi connectivity index (χ4n) is 1.85. The van der Waals surface area contributed by atoms with E-state index < -0.39 is 5.91 Å². The first-order valence-corrected chi connectivity index (χ1v) is 7.07. The Morgan fingerprint density at radius 2 is 2.14 bits per heavy atom. The molecule has 0 fully saturated rings. The molecular formula is C15H12Cl2N4O. The molecule has 2 N–H and O–H groups in total. The Bertz CT molecular complexity index is 783. The highest BCUT2D eigenvalue weighted by Gasteiger charge is 2.14. The average Bonchev–Trinajstić information content (AvgIpc) is 2.78. The van der Waals surface area contributed by atoms with Crippen LogP contribution in [-0.2, 0) is 4.79 Å². The fourth-order valence-corrected chi connectivity index (χ4v) is 2.30. The van der Waals surface area contributed by atoms with Crippen LogP contribution in [0.4, 0.5) is 5.69 Å². The number of nitrogens with zero attached hydrogens (tertiary/aromatic N) is 2. The number of hydrogen-bond acceptors (Lipinski definition) is 3. The van der Waals surface area contributed by atoms with Gasteiger partial charge in [0.25, 0.3) is 5.91 Å². The summed E-state index contributed by atoms with van der Waals surface area (Å²) >= 11 is 11.8. The van der Waals surface area contributed by atoms with Crippen LogP contribution in [0.3, 0.4) is 0 Å². The highest BCUT2D eigenvalue weighted by molar-refractivity contribution is 6.36. The lowest BCUT2D eigenvalue weighted by molar-refractivity contribution is -0.112. The van der Waals surface area contributed by atoms with Crippen molar-refractivity contribution in [3.63, 3.8) is 0 Å². The Morgan fingerprint density at radius 3 is 2.68 bits per heavy atom. The van der Waals surface area contributed by atoms with Gasteiger partial charge in [-0.3, -0.25) is 9.89 Å². The van der Waals surface area contributed by atoms with Gasteiger partial charge in [0.05, 0.1) is 16.4 Å². The molecule has 1 aromatic carbocycles. The summed E-state index contributed by atoms with van der Waals surface area (Å²) < 4.78 is 0. The number of anilines is 1. The Morgan fingerprint density at radius 1 is 1.41 bits per heavy atom. The average molecular weight is 335 g/mol. The van der Waals surface area contributed by atoms with Crippen LogP contribution in [0.2, 0.25) is 10.0 Å². The molecule has 1 amide bonds. The number of aromatic amines is 1. The van der Waals surface area contributed by atoms with Crippen LogP contribution >= 0.6 is 23.2 Å². The third-order valence-corrected chi connectivity index (χ3v) is 3.57. The van der Waals surface area contributed by atoms with E-state index in [1.807, 2.05) is 13.0 Å². The third-order valence-electron chi connectivity index (χ3n) is 3.02. The second-order valence-corrected chi connectivity index (χ2v) is 5.44. The van der Waals surface area contributed by atoms with Crippen LogP contribution in [0.25, 0.3) is 6.08 Å². The number of aryl methyl sites for hydroxylation is 2. The minimum atomic E-state index is -0.549. The van der Waals surface area contributed by atoms with E-state index in [2.05, 4.69) is 15.5 Å². The maximum atomic E-state index is 12.2. The maximum Gasteiger partial charge on any atom is 0.266 e. The number of nitrogens with one attached hydrogen (secondary N) is 2. The minimum Gasteiger partial charge on any atom is -0.320 e. The quantitative estimate of drug-likeness (QED) is 0.660. The molecule has 0 aliphatic rings. The van der Waals surface area contributed by atoms with Crippen LogP contribution < -0.4 is 5.32 Å². The van der Waals surface area contributed by atoms with Crippen LogP contribution in [0.15, 0.2) is 23.8 Å². The number of halogens is 2.